The fraction of sp³-hybridized carbons (Fsp3) is 0.393. The Bertz CT molecular complexity index is 1550. The fourth-order valence-corrected chi connectivity index (χ4v) is 5.29. The van der Waals surface area contributed by atoms with Gasteiger partial charge in [0.15, 0.2) is 5.69 Å². The largest absolute Gasteiger partial charge is 0.390 e. The molecule has 1 unspecified atom stereocenters. The predicted molar refractivity (Wildman–Crippen MR) is 146 cm³/mol. The SMILES string of the molecule is CCCC(CC)NC(=O)c1nc(-c2cc(F)cc(C#N)c2)n(-c2ccc(OS(=O)(=O)CCCC(F)(F)F)cc2)c1CO. The Kier molecular flexibility index (Phi) is 10.7. The minimum Gasteiger partial charge on any atom is -0.390 e. The highest BCUT2D eigenvalue weighted by atomic mass is 32.2. The van der Waals surface area contributed by atoms with Crippen molar-refractivity contribution in [3.05, 3.63) is 65.2 Å². The van der Waals surface area contributed by atoms with Gasteiger partial charge in [-0.25, -0.2) is 9.37 Å². The monoisotopic (exact) mass is 610 g/mol. The Morgan fingerprint density at radius 1 is 1.19 bits per heavy atom. The first kappa shape index (κ1) is 32.6. The Labute approximate surface area is 240 Å². The van der Waals surface area contributed by atoms with Crippen LogP contribution in [0.3, 0.4) is 0 Å². The van der Waals surface area contributed by atoms with Crippen LogP contribution in [-0.2, 0) is 16.7 Å². The topological polar surface area (TPSA) is 134 Å². The molecule has 42 heavy (non-hydrogen) atoms. The van der Waals surface area contributed by atoms with Gasteiger partial charge in [-0.3, -0.25) is 9.36 Å². The fourth-order valence-electron chi connectivity index (χ4n) is 4.31. The van der Waals surface area contributed by atoms with Crippen LogP contribution in [0.2, 0.25) is 0 Å². The summed E-state index contributed by atoms with van der Waals surface area (Å²) in [5, 5.41) is 22.5. The second-order valence-electron chi connectivity index (χ2n) is 9.49. The minimum atomic E-state index is -4.50. The standard InChI is InChI=1S/C28H30F4N4O5S/c1-3-6-21(4-2)34-27(38)25-24(17-37)36(26(35-25)19-13-18(16-33)14-20(29)15-19)22-7-9-23(10-8-22)41-42(39,40)12-5-11-28(30,31)32/h7-10,13-15,21,37H,3-6,11-12,17H2,1-2H3,(H,34,38). The highest BCUT2D eigenvalue weighted by molar-refractivity contribution is 7.87. The van der Waals surface area contributed by atoms with E-state index in [0.717, 1.165) is 18.6 Å². The van der Waals surface area contributed by atoms with Gasteiger partial charge in [0, 0.05) is 23.7 Å². The molecule has 9 nitrogen and oxygen atoms in total. The van der Waals surface area contributed by atoms with Crippen LogP contribution in [0.5, 0.6) is 5.75 Å². The number of carbonyl (C=O) groups is 1. The van der Waals surface area contributed by atoms with Crippen molar-refractivity contribution < 1.29 is 40.1 Å². The van der Waals surface area contributed by atoms with E-state index in [1.165, 1.54) is 34.9 Å². The van der Waals surface area contributed by atoms with E-state index >= 15 is 0 Å². The summed E-state index contributed by atoms with van der Waals surface area (Å²) in [5.74, 6) is -2.30. The van der Waals surface area contributed by atoms with Gasteiger partial charge in [0.2, 0.25) is 0 Å². The first-order valence-electron chi connectivity index (χ1n) is 13.1. The lowest BCUT2D eigenvalue weighted by molar-refractivity contribution is -0.134. The molecule has 2 N–H and O–H groups in total. The molecule has 0 bridgehead atoms. The van der Waals surface area contributed by atoms with E-state index in [4.69, 9.17) is 4.18 Å². The van der Waals surface area contributed by atoms with E-state index in [9.17, 15) is 41.1 Å². The molecule has 3 aromatic rings. The van der Waals surface area contributed by atoms with E-state index < -0.39 is 53.2 Å². The van der Waals surface area contributed by atoms with Gasteiger partial charge >= 0.3 is 16.3 Å². The summed E-state index contributed by atoms with van der Waals surface area (Å²) in [5.41, 5.74) is 0.311. The van der Waals surface area contributed by atoms with Gasteiger partial charge in [-0.1, -0.05) is 20.3 Å². The average Bonchev–Trinajstić information content (AvgIpc) is 3.31. The molecule has 1 amide bonds. The minimum absolute atomic E-state index is 0.00966. The number of aromatic nitrogens is 2. The molecule has 0 aliphatic rings. The maximum Gasteiger partial charge on any atom is 0.389 e. The molecule has 2 aromatic carbocycles. The number of halogens is 4. The molecule has 0 aliphatic heterocycles. The quantitative estimate of drug-likeness (QED) is 0.195. The zero-order valence-corrected chi connectivity index (χ0v) is 23.7. The molecule has 14 heteroatoms. The summed E-state index contributed by atoms with van der Waals surface area (Å²) in [6.45, 7) is 3.22. The van der Waals surface area contributed by atoms with Gasteiger partial charge < -0.3 is 14.6 Å². The summed E-state index contributed by atoms with van der Waals surface area (Å²) in [7, 11) is -4.32. The molecule has 1 aromatic heterocycles. The molecule has 0 fully saturated rings. The number of rotatable bonds is 13. The second-order valence-corrected chi connectivity index (χ2v) is 11.2. The van der Waals surface area contributed by atoms with Crippen molar-refractivity contribution >= 4 is 16.0 Å². The molecule has 1 heterocycles. The zero-order valence-electron chi connectivity index (χ0n) is 22.9. The highest BCUT2D eigenvalue weighted by Crippen LogP contribution is 2.30. The van der Waals surface area contributed by atoms with Crippen LogP contribution >= 0.6 is 0 Å². The van der Waals surface area contributed by atoms with Crippen LogP contribution in [-0.4, -0.2) is 47.0 Å². The first-order valence-corrected chi connectivity index (χ1v) is 14.7. The van der Waals surface area contributed by atoms with Crippen LogP contribution < -0.4 is 9.50 Å². The molecule has 0 aliphatic carbocycles. The maximum absolute atomic E-state index is 14.4. The summed E-state index contributed by atoms with van der Waals surface area (Å²) in [6.07, 6.45) is -4.26. The van der Waals surface area contributed by atoms with Gasteiger partial charge in [-0.15, -0.1) is 0 Å². The number of aliphatic hydroxyl groups is 1. The smallest absolute Gasteiger partial charge is 0.389 e. The van der Waals surface area contributed by atoms with Crippen molar-refractivity contribution in [2.24, 2.45) is 0 Å². The number of nitriles is 1. The van der Waals surface area contributed by atoms with E-state index in [1.54, 1.807) is 0 Å². The van der Waals surface area contributed by atoms with Crippen molar-refractivity contribution in [3.63, 3.8) is 0 Å². The van der Waals surface area contributed by atoms with Gasteiger partial charge in [0.25, 0.3) is 5.91 Å². The first-order chi connectivity index (χ1) is 19.8. The molecule has 1 atom stereocenters. The normalized spacial score (nSPS) is 12.5. The number of hydrogen-bond donors (Lipinski definition) is 2. The molecule has 226 valence electrons. The van der Waals surface area contributed by atoms with Crippen molar-refractivity contribution in [3.8, 4) is 28.9 Å². The summed E-state index contributed by atoms with van der Waals surface area (Å²) in [4.78, 5) is 17.7. The summed E-state index contributed by atoms with van der Waals surface area (Å²) in [6, 6.07) is 10.4. The number of carbonyl (C=O) groups excluding carboxylic acids is 1. The number of benzene rings is 2. The molecule has 0 spiro atoms. The number of nitrogens with one attached hydrogen (secondary N) is 1. The summed E-state index contributed by atoms with van der Waals surface area (Å²) >= 11 is 0. The molecule has 3 rings (SSSR count). The van der Waals surface area contributed by atoms with Crippen LogP contribution in [0, 0.1) is 17.1 Å². The number of amides is 1. The van der Waals surface area contributed by atoms with Gasteiger partial charge in [0.05, 0.1) is 29.7 Å². The van der Waals surface area contributed by atoms with E-state index in [2.05, 4.69) is 10.3 Å². The van der Waals surface area contributed by atoms with Crippen LogP contribution in [0.25, 0.3) is 17.1 Å². The van der Waals surface area contributed by atoms with E-state index in [0.29, 0.717) is 12.8 Å². The average molecular weight is 611 g/mol. The molecule has 0 saturated heterocycles. The maximum atomic E-state index is 14.4. The summed E-state index contributed by atoms with van der Waals surface area (Å²) < 4.78 is 82.2. The molecule has 0 saturated carbocycles. The Balaban J connectivity index is 2.05. The Morgan fingerprint density at radius 3 is 2.45 bits per heavy atom. The molecule has 0 radical (unpaired) electrons. The third-order valence-electron chi connectivity index (χ3n) is 6.26. The van der Waals surface area contributed by atoms with E-state index in [1.807, 2.05) is 19.9 Å². The zero-order chi connectivity index (χ0) is 31.1. The van der Waals surface area contributed by atoms with Crippen LogP contribution in [0.1, 0.15) is 67.7 Å². The lowest BCUT2D eigenvalue weighted by Gasteiger charge is -2.16. The third kappa shape index (κ3) is 8.53. The van der Waals surface area contributed by atoms with E-state index in [-0.39, 0.29) is 45.8 Å². The number of alkyl halides is 3. The van der Waals surface area contributed by atoms with Gasteiger partial charge in [-0.05, 0) is 61.7 Å². The molecular formula is C28H30F4N4O5S. The highest BCUT2D eigenvalue weighted by Gasteiger charge is 2.28. The van der Waals surface area contributed by atoms with Crippen molar-refractivity contribution in [2.75, 3.05) is 5.75 Å². The number of aliphatic hydroxyl groups excluding tert-OH is 1. The predicted octanol–water partition coefficient (Wildman–Crippen LogP) is 5.40. The van der Waals surface area contributed by atoms with Crippen LogP contribution in [0.15, 0.2) is 42.5 Å². The second kappa shape index (κ2) is 13.8. The third-order valence-corrected chi connectivity index (χ3v) is 7.50. The number of nitrogens with zero attached hydrogens (tertiary/aromatic N) is 3. The lowest BCUT2D eigenvalue weighted by Crippen LogP contribution is -2.35. The van der Waals surface area contributed by atoms with Crippen molar-refractivity contribution in [1.29, 1.82) is 5.26 Å². The van der Waals surface area contributed by atoms with Crippen molar-refractivity contribution in [1.82, 2.24) is 14.9 Å². The van der Waals surface area contributed by atoms with Crippen LogP contribution in [0.4, 0.5) is 17.6 Å². The Hall–Kier alpha value is -3.96. The number of hydrogen-bond acceptors (Lipinski definition) is 7. The Morgan fingerprint density at radius 2 is 1.88 bits per heavy atom. The van der Waals surface area contributed by atoms with Gasteiger partial charge in [0.1, 0.15) is 17.4 Å². The molecular weight excluding hydrogens is 580 g/mol. The lowest BCUT2D eigenvalue weighted by atomic mass is 10.1. The van der Waals surface area contributed by atoms with Crippen molar-refractivity contribution in [2.45, 2.75) is 64.8 Å². The number of imidazole rings is 1. The van der Waals surface area contributed by atoms with Gasteiger partial charge in [-0.2, -0.15) is 26.9 Å².